The Balaban J connectivity index is 1.98. The van der Waals surface area contributed by atoms with E-state index in [0.29, 0.717) is 6.04 Å². The van der Waals surface area contributed by atoms with Crippen molar-refractivity contribution in [2.24, 2.45) is 11.8 Å². The van der Waals surface area contributed by atoms with Crippen molar-refractivity contribution in [2.75, 3.05) is 18.4 Å². The quantitative estimate of drug-likeness (QED) is 0.905. The minimum atomic E-state index is 0.686. The van der Waals surface area contributed by atoms with Crippen LogP contribution in [0, 0.1) is 11.8 Å². The average molecular weight is 267 g/mol. The Morgan fingerprint density at radius 1 is 1.44 bits per heavy atom. The van der Waals surface area contributed by atoms with Gasteiger partial charge in [0.15, 0.2) is 5.13 Å². The summed E-state index contributed by atoms with van der Waals surface area (Å²) in [6.45, 7) is 12.4. The van der Waals surface area contributed by atoms with Crippen LogP contribution in [0.1, 0.15) is 39.0 Å². The number of nitrogens with zero attached hydrogens (tertiary/aromatic N) is 2. The van der Waals surface area contributed by atoms with Crippen LogP contribution >= 0.6 is 11.3 Å². The molecule has 3 atom stereocenters. The molecule has 4 heteroatoms. The number of piperidine rings is 1. The first kappa shape index (κ1) is 13.8. The molecule has 1 fully saturated rings. The van der Waals surface area contributed by atoms with Crippen LogP contribution in [-0.4, -0.2) is 29.0 Å². The highest BCUT2D eigenvalue weighted by molar-refractivity contribution is 7.15. The molecule has 3 nitrogen and oxygen atoms in total. The lowest BCUT2D eigenvalue weighted by Gasteiger charge is -2.40. The van der Waals surface area contributed by atoms with Crippen molar-refractivity contribution in [3.8, 4) is 0 Å². The second-order valence-electron chi connectivity index (χ2n) is 5.65. The third kappa shape index (κ3) is 3.23. The number of hydrogen-bond donors (Lipinski definition) is 1. The molecule has 1 N–H and O–H groups in total. The molecule has 0 spiro atoms. The Morgan fingerprint density at radius 3 is 2.94 bits per heavy atom. The number of aromatic nitrogens is 1. The van der Waals surface area contributed by atoms with Crippen LogP contribution in [-0.2, 0) is 6.54 Å². The van der Waals surface area contributed by atoms with Gasteiger partial charge in [0.05, 0.1) is 0 Å². The predicted molar refractivity (Wildman–Crippen MR) is 79.1 cm³/mol. The van der Waals surface area contributed by atoms with Crippen molar-refractivity contribution >= 4 is 16.5 Å². The van der Waals surface area contributed by atoms with Crippen LogP contribution in [0.2, 0.25) is 0 Å². The second kappa shape index (κ2) is 6.02. The molecule has 1 aromatic rings. The van der Waals surface area contributed by atoms with Crippen LogP contribution in [0.3, 0.4) is 0 Å². The van der Waals surface area contributed by atoms with Gasteiger partial charge in [-0.3, -0.25) is 4.90 Å². The van der Waals surface area contributed by atoms with E-state index >= 15 is 0 Å². The lowest BCUT2D eigenvalue weighted by atomic mass is 9.86. The Morgan fingerprint density at radius 2 is 2.22 bits per heavy atom. The van der Waals surface area contributed by atoms with Gasteiger partial charge < -0.3 is 5.32 Å². The average Bonchev–Trinajstić information content (AvgIpc) is 2.73. The minimum Gasteiger partial charge on any atom is -0.362 e. The molecule has 0 amide bonds. The van der Waals surface area contributed by atoms with Gasteiger partial charge in [0.25, 0.3) is 0 Å². The third-order valence-electron chi connectivity index (χ3n) is 3.96. The van der Waals surface area contributed by atoms with Crippen LogP contribution in [0.5, 0.6) is 0 Å². The molecule has 1 saturated heterocycles. The van der Waals surface area contributed by atoms with Gasteiger partial charge in [0.2, 0.25) is 0 Å². The lowest BCUT2D eigenvalue weighted by Crippen LogP contribution is -2.44. The maximum absolute atomic E-state index is 4.42. The van der Waals surface area contributed by atoms with E-state index in [2.05, 4.69) is 42.9 Å². The highest BCUT2D eigenvalue weighted by Crippen LogP contribution is 2.29. The molecule has 3 unspecified atom stereocenters. The van der Waals surface area contributed by atoms with E-state index in [4.69, 9.17) is 0 Å². The first-order valence-corrected chi connectivity index (χ1v) is 7.84. The van der Waals surface area contributed by atoms with Crippen LogP contribution in [0.25, 0.3) is 0 Å². The van der Waals surface area contributed by atoms with Crippen molar-refractivity contribution in [1.29, 1.82) is 0 Å². The highest BCUT2D eigenvalue weighted by atomic mass is 32.1. The molecule has 0 bridgehead atoms. The molecule has 0 aliphatic carbocycles. The van der Waals surface area contributed by atoms with Crippen molar-refractivity contribution in [3.63, 3.8) is 0 Å². The lowest BCUT2D eigenvalue weighted by molar-refractivity contribution is 0.0738. The summed E-state index contributed by atoms with van der Waals surface area (Å²) >= 11 is 1.79. The summed E-state index contributed by atoms with van der Waals surface area (Å²) in [6, 6.07) is 0.686. The Bertz CT molecular complexity index is 377. The number of thiazole rings is 1. The summed E-state index contributed by atoms with van der Waals surface area (Å²) in [5.74, 6) is 1.62. The summed E-state index contributed by atoms with van der Waals surface area (Å²) in [5.41, 5.74) is 0. The van der Waals surface area contributed by atoms with E-state index in [9.17, 15) is 0 Å². The van der Waals surface area contributed by atoms with Gasteiger partial charge in [-0.15, -0.1) is 11.3 Å². The monoisotopic (exact) mass is 267 g/mol. The Hall–Kier alpha value is -0.610. The van der Waals surface area contributed by atoms with E-state index in [1.165, 1.54) is 17.8 Å². The summed E-state index contributed by atoms with van der Waals surface area (Å²) in [4.78, 5) is 8.40. The SMILES string of the molecule is CCNc1ncc(CN2CC(C)CC(C)C2C)s1. The Labute approximate surface area is 115 Å². The molecule has 0 saturated carbocycles. The second-order valence-corrected chi connectivity index (χ2v) is 6.77. The molecule has 0 radical (unpaired) electrons. The maximum atomic E-state index is 4.42. The molecule has 18 heavy (non-hydrogen) atoms. The van der Waals surface area contributed by atoms with E-state index in [-0.39, 0.29) is 0 Å². The zero-order valence-corrected chi connectivity index (χ0v) is 12.8. The molecule has 1 aromatic heterocycles. The molecule has 1 aliphatic rings. The van der Waals surface area contributed by atoms with Gasteiger partial charge in [0.1, 0.15) is 0 Å². The number of nitrogens with one attached hydrogen (secondary N) is 1. The summed E-state index contributed by atoms with van der Waals surface area (Å²) in [7, 11) is 0. The van der Waals surface area contributed by atoms with Gasteiger partial charge in [0, 0.05) is 36.8 Å². The zero-order chi connectivity index (χ0) is 13.1. The minimum absolute atomic E-state index is 0.686. The molecular weight excluding hydrogens is 242 g/mol. The first-order valence-electron chi connectivity index (χ1n) is 7.02. The zero-order valence-electron chi connectivity index (χ0n) is 11.9. The van der Waals surface area contributed by atoms with Crippen molar-refractivity contribution < 1.29 is 0 Å². The molecule has 102 valence electrons. The number of hydrogen-bond acceptors (Lipinski definition) is 4. The van der Waals surface area contributed by atoms with Crippen molar-refractivity contribution in [3.05, 3.63) is 11.1 Å². The molecular formula is C14H25N3S. The summed E-state index contributed by atoms with van der Waals surface area (Å²) in [6.07, 6.45) is 3.39. The number of anilines is 1. The normalized spacial score (nSPS) is 29.4. The van der Waals surface area contributed by atoms with Gasteiger partial charge in [-0.05, 0) is 32.1 Å². The third-order valence-corrected chi connectivity index (χ3v) is 4.90. The molecule has 2 heterocycles. The topological polar surface area (TPSA) is 28.2 Å². The fourth-order valence-corrected chi connectivity index (χ4v) is 3.76. The van der Waals surface area contributed by atoms with Crippen molar-refractivity contribution in [1.82, 2.24) is 9.88 Å². The number of rotatable bonds is 4. The van der Waals surface area contributed by atoms with E-state index in [0.717, 1.165) is 30.1 Å². The molecule has 0 aromatic carbocycles. The Kier molecular flexibility index (Phi) is 4.62. The van der Waals surface area contributed by atoms with Crippen molar-refractivity contribution in [2.45, 2.75) is 46.7 Å². The fraction of sp³-hybridized carbons (Fsp3) is 0.786. The molecule has 1 aliphatic heterocycles. The van der Waals surface area contributed by atoms with Crippen LogP contribution in [0.15, 0.2) is 6.20 Å². The van der Waals surface area contributed by atoms with E-state index in [1.807, 2.05) is 6.20 Å². The number of likely N-dealkylation sites (tertiary alicyclic amines) is 1. The van der Waals surface area contributed by atoms with E-state index < -0.39 is 0 Å². The van der Waals surface area contributed by atoms with Gasteiger partial charge in [-0.25, -0.2) is 4.98 Å². The fourth-order valence-electron chi connectivity index (χ4n) is 2.85. The summed E-state index contributed by atoms with van der Waals surface area (Å²) < 4.78 is 0. The van der Waals surface area contributed by atoms with Crippen LogP contribution in [0.4, 0.5) is 5.13 Å². The van der Waals surface area contributed by atoms with Gasteiger partial charge >= 0.3 is 0 Å². The van der Waals surface area contributed by atoms with Crippen LogP contribution < -0.4 is 5.32 Å². The standard InChI is InChI=1S/C14H25N3S/c1-5-15-14-16-7-13(18-14)9-17-8-10(2)6-11(3)12(17)4/h7,10-12H,5-6,8-9H2,1-4H3,(H,15,16). The van der Waals surface area contributed by atoms with Gasteiger partial charge in [-0.2, -0.15) is 0 Å². The highest BCUT2D eigenvalue weighted by Gasteiger charge is 2.28. The first-order chi connectivity index (χ1) is 8.60. The summed E-state index contributed by atoms with van der Waals surface area (Å²) in [5, 5.41) is 4.34. The maximum Gasteiger partial charge on any atom is 0.182 e. The molecule has 2 rings (SSSR count). The largest absolute Gasteiger partial charge is 0.362 e. The van der Waals surface area contributed by atoms with Gasteiger partial charge in [-0.1, -0.05) is 13.8 Å². The smallest absolute Gasteiger partial charge is 0.182 e. The predicted octanol–water partition coefficient (Wildman–Crippen LogP) is 3.44. The van der Waals surface area contributed by atoms with E-state index in [1.54, 1.807) is 11.3 Å².